The van der Waals surface area contributed by atoms with Crippen LogP contribution in [0, 0.1) is 5.92 Å². The number of carbonyl (C=O) groups is 2. The standard InChI is InChI=1S/C22H25N3O5/c1-14-5-8-25(9-6-14)21-18(22(27)29-11-10-28-2)19(26)17(30-21)12-15-13-24-20-16(15)4-3-7-23-20/h3-4,7,12-14H,5-6,8-11H2,1-2H3,(H,23,24)/b17-12-. The summed E-state index contributed by atoms with van der Waals surface area (Å²) < 4.78 is 16.1. The summed E-state index contributed by atoms with van der Waals surface area (Å²) in [7, 11) is 1.52. The first kappa shape index (κ1) is 20.2. The number of nitrogens with zero attached hydrogens (tertiary/aromatic N) is 2. The number of carbonyl (C=O) groups excluding carboxylic acids is 2. The van der Waals surface area contributed by atoms with Gasteiger partial charge in [0.1, 0.15) is 12.3 Å². The number of likely N-dealkylation sites (tertiary alicyclic amines) is 1. The van der Waals surface area contributed by atoms with Crippen LogP contribution >= 0.6 is 0 Å². The van der Waals surface area contributed by atoms with Gasteiger partial charge in [-0.2, -0.15) is 0 Å². The van der Waals surface area contributed by atoms with Gasteiger partial charge in [-0.05, 0) is 37.0 Å². The molecule has 30 heavy (non-hydrogen) atoms. The van der Waals surface area contributed by atoms with Crippen LogP contribution in [0.1, 0.15) is 25.3 Å². The highest BCUT2D eigenvalue weighted by Gasteiger charge is 2.40. The Labute approximate surface area is 174 Å². The summed E-state index contributed by atoms with van der Waals surface area (Å²) in [4.78, 5) is 35.1. The predicted octanol–water partition coefficient (Wildman–Crippen LogP) is 2.64. The second-order valence-corrected chi connectivity index (χ2v) is 7.56. The molecule has 8 heteroatoms. The number of aromatic nitrogens is 2. The molecule has 1 fully saturated rings. The minimum atomic E-state index is -0.685. The zero-order valence-electron chi connectivity index (χ0n) is 17.1. The molecular formula is C22H25N3O5. The topological polar surface area (TPSA) is 93.8 Å². The molecule has 2 aromatic rings. The van der Waals surface area contributed by atoms with Gasteiger partial charge in [0, 0.05) is 43.5 Å². The third kappa shape index (κ3) is 3.95. The second-order valence-electron chi connectivity index (χ2n) is 7.56. The number of esters is 1. The summed E-state index contributed by atoms with van der Waals surface area (Å²) in [5.41, 5.74) is 1.43. The fourth-order valence-corrected chi connectivity index (χ4v) is 3.66. The van der Waals surface area contributed by atoms with Gasteiger partial charge in [-0.25, -0.2) is 9.78 Å². The van der Waals surface area contributed by atoms with Crippen molar-refractivity contribution >= 4 is 28.9 Å². The predicted molar refractivity (Wildman–Crippen MR) is 110 cm³/mol. The number of pyridine rings is 1. The van der Waals surface area contributed by atoms with Crippen molar-refractivity contribution in [3.05, 3.63) is 47.3 Å². The van der Waals surface area contributed by atoms with Crippen LogP contribution in [0.3, 0.4) is 0 Å². The van der Waals surface area contributed by atoms with E-state index in [1.807, 2.05) is 17.0 Å². The molecule has 2 aromatic heterocycles. The van der Waals surface area contributed by atoms with E-state index in [4.69, 9.17) is 14.2 Å². The zero-order chi connectivity index (χ0) is 21.1. The number of allylic oxidation sites excluding steroid dienone is 1. The minimum Gasteiger partial charge on any atom is -0.459 e. The highest BCUT2D eigenvalue weighted by atomic mass is 16.6. The number of rotatable bonds is 6. The first-order valence-electron chi connectivity index (χ1n) is 10.1. The first-order valence-corrected chi connectivity index (χ1v) is 10.1. The van der Waals surface area contributed by atoms with Gasteiger partial charge in [-0.3, -0.25) is 4.79 Å². The molecule has 0 unspecified atom stereocenters. The maximum Gasteiger partial charge on any atom is 0.347 e. The second kappa shape index (κ2) is 8.71. The van der Waals surface area contributed by atoms with E-state index in [0.29, 0.717) is 17.4 Å². The monoisotopic (exact) mass is 411 g/mol. The molecule has 1 N–H and O–H groups in total. The van der Waals surface area contributed by atoms with Gasteiger partial charge in [0.2, 0.25) is 11.7 Å². The molecule has 4 heterocycles. The number of fused-ring (bicyclic) bond motifs is 1. The Balaban J connectivity index is 1.64. The van der Waals surface area contributed by atoms with Gasteiger partial charge in [-0.15, -0.1) is 0 Å². The van der Waals surface area contributed by atoms with Crippen LogP contribution in [-0.2, 0) is 23.8 Å². The van der Waals surface area contributed by atoms with Crippen LogP contribution in [0.2, 0.25) is 0 Å². The van der Waals surface area contributed by atoms with Crippen molar-refractivity contribution in [2.24, 2.45) is 5.92 Å². The normalized spacial score (nSPS) is 19.1. The average molecular weight is 411 g/mol. The van der Waals surface area contributed by atoms with E-state index < -0.39 is 11.8 Å². The molecule has 158 valence electrons. The van der Waals surface area contributed by atoms with E-state index in [1.165, 1.54) is 7.11 Å². The number of ether oxygens (including phenoxy) is 3. The maximum atomic E-state index is 13.1. The van der Waals surface area contributed by atoms with Gasteiger partial charge in [0.15, 0.2) is 11.3 Å². The quantitative estimate of drug-likeness (QED) is 0.338. The molecular weight excluding hydrogens is 386 g/mol. The van der Waals surface area contributed by atoms with Gasteiger partial charge in [0.05, 0.1) is 6.61 Å². The third-order valence-electron chi connectivity index (χ3n) is 5.44. The molecule has 2 aliphatic rings. The number of aromatic amines is 1. The number of ketones is 1. The number of methoxy groups -OCH3 is 1. The molecule has 0 saturated carbocycles. The summed E-state index contributed by atoms with van der Waals surface area (Å²) >= 11 is 0. The average Bonchev–Trinajstić information content (AvgIpc) is 3.30. The Kier molecular flexibility index (Phi) is 5.85. The molecule has 1 saturated heterocycles. The van der Waals surface area contributed by atoms with Gasteiger partial charge < -0.3 is 24.1 Å². The number of nitrogens with one attached hydrogen (secondary N) is 1. The fraction of sp³-hybridized carbons (Fsp3) is 0.409. The molecule has 0 amide bonds. The first-order chi connectivity index (χ1) is 14.6. The zero-order valence-corrected chi connectivity index (χ0v) is 17.1. The van der Waals surface area contributed by atoms with Crippen LogP contribution in [0.15, 0.2) is 41.7 Å². The summed E-state index contributed by atoms with van der Waals surface area (Å²) in [5.74, 6) is -0.158. The molecule has 0 spiro atoms. The van der Waals surface area contributed by atoms with Crippen LogP contribution in [-0.4, -0.2) is 60.0 Å². The van der Waals surface area contributed by atoms with Crippen LogP contribution < -0.4 is 0 Å². The van der Waals surface area contributed by atoms with Gasteiger partial charge in [-0.1, -0.05) is 6.92 Å². The van der Waals surface area contributed by atoms with Crippen molar-refractivity contribution < 1.29 is 23.8 Å². The SMILES string of the molecule is COCCOC(=O)C1=C(N2CCC(C)CC2)O/C(=C\c2c[nH]c3ncccc23)C1=O. The van der Waals surface area contributed by atoms with Gasteiger partial charge >= 0.3 is 5.97 Å². The van der Waals surface area contributed by atoms with E-state index >= 15 is 0 Å². The largest absolute Gasteiger partial charge is 0.459 e. The molecule has 4 rings (SSSR count). The number of H-pyrrole nitrogens is 1. The van der Waals surface area contributed by atoms with Crippen molar-refractivity contribution in [2.45, 2.75) is 19.8 Å². The van der Waals surface area contributed by atoms with E-state index in [9.17, 15) is 9.59 Å². The summed E-state index contributed by atoms with van der Waals surface area (Å²) in [5, 5.41) is 0.867. The Hall–Kier alpha value is -3.13. The third-order valence-corrected chi connectivity index (χ3v) is 5.44. The van der Waals surface area contributed by atoms with Crippen LogP contribution in [0.5, 0.6) is 0 Å². The summed E-state index contributed by atoms with van der Waals surface area (Å²) in [6, 6.07) is 3.73. The van der Waals surface area contributed by atoms with E-state index in [0.717, 1.165) is 36.9 Å². The van der Waals surface area contributed by atoms with Crippen molar-refractivity contribution in [3.63, 3.8) is 0 Å². The molecule has 0 aliphatic carbocycles. The molecule has 0 atom stereocenters. The number of hydrogen-bond donors (Lipinski definition) is 1. The molecule has 2 aliphatic heterocycles. The molecule has 0 aromatic carbocycles. The number of Topliss-reactive ketones (excluding diaryl/α,β-unsaturated/α-hetero) is 1. The fourth-order valence-electron chi connectivity index (χ4n) is 3.66. The lowest BCUT2D eigenvalue weighted by molar-refractivity contribution is -0.141. The molecule has 0 radical (unpaired) electrons. The van der Waals surface area contributed by atoms with Crippen molar-refractivity contribution in [1.29, 1.82) is 0 Å². The number of hydrogen-bond acceptors (Lipinski definition) is 7. The lowest BCUT2D eigenvalue weighted by atomic mass is 9.99. The smallest absolute Gasteiger partial charge is 0.347 e. The summed E-state index contributed by atoms with van der Waals surface area (Å²) in [6.45, 7) is 3.98. The van der Waals surface area contributed by atoms with Crippen LogP contribution in [0.4, 0.5) is 0 Å². The molecule has 0 bridgehead atoms. The molecule has 8 nitrogen and oxygen atoms in total. The Morgan fingerprint density at radius 1 is 1.37 bits per heavy atom. The Morgan fingerprint density at radius 2 is 2.17 bits per heavy atom. The Morgan fingerprint density at radius 3 is 2.93 bits per heavy atom. The van der Waals surface area contributed by atoms with Gasteiger partial charge in [0.25, 0.3) is 0 Å². The van der Waals surface area contributed by atoms with E-state index in [2.05, 4.69) is 16.9 Å². The lowest BCUT2D eigenvalue weighted by Crippen LogP contribution is -2.33. The van der Waals surface area contributed by atoms with E-state index in [-0.39, 0.29) is 24.5 Å². The van der Waals surface area contributed by atoms with Crippen LogP contribution in [0.25, 0.3) is 17.1 Å². The highest BCUT2D eigenvalue weighted by Crippen LogP contribution is 2.33. The minimum absolute atomic E-state index is 0.0510. The van der Waals surface area contributed by atoms with Crippen molar-refractivity contribution in [3.8, 4) is 0 Å². The van der Waals surface area contributed by atoms with E-state index in [1.54, 1.807) is 18.5 Å². The summed E-state index contributed by atoms with van der Waals surface area (Å²) in [6.07, 6.45) is 7.04. The highest BCUT2D eigenvalue weighted by molar-refractivity contribution is 6.26. The Bertz CT molecular complexity index is 1010. The lowest BCUT2D eigenvalue weighted by Gasteiger charge is -2.32. The van der Waals surface area contributed by atoms with Crippen molar-refractivity contribution in [2.75, 3.05) is 33.4 Å². The van der Waals surface area contributed by atoms with Crippen molar-refractivity contribution in [1.82, 2.24) is 14.9 Å². The maximum absolute atomic E-state index is 13.1. The number of piperidine rings is 1.